The molecular formula is C19H18F4N2O3S. The molecule has 1 heterocycles. The number of primary sulfonamides is 1. The third-order valence-electron chi connectivity index (χ3n) is 4.94. The Hall–Kier alpha value is -2.46. The molecule has 0 saturated carbocycles. The molecule has 2 N–H and O–H groups in total. The maximum atomic E-state index is 13.5. The number of nitrogens with two attached hydrogens (primary N) is 1. The van der Waals surface area contributed by atoms with Gasteiger partial charge in [-0.15, -0.1) is 0 Å². The van der Waals surface area contributed by atoms with Gasteiger partial charge in [0, 0.05) is 30.3 Å². The highest BCUT2D eigenvalue weighted by molar-refractivity contribution is 7.89. The van der Waals surface area contributed by atoms with E-state index >= 15 is 0 Å². The van der Waals surface area contributed by atoms with Crippen LogP contribution in [-0.4, -0.2) is 27.3 Å². The summed E-state index contributed by atoms with van der Waals surface area (Å²) in [5, 5.41) is 4.94. The van der Waals surface area contributed by atoms with E-state index in [1.807, 2.05) is 0 Å². The summed E-state index contributed by atoms with van der Waals surface area (Å²) in [5.41, 5.74) is -0.886. The van der Waals surface area contributed by atoms with Crippen molar-refractivity contribution in [1.29, 1.82) is 0 Å². The van der Waals surface area contributed by atoms with Crippen LogP contribution in [-0.2, 0) is 16.2 Å². The van der Waals surface area contributed by atoms with Gasteiger partial charge in [-0.05, 0) is 55.3 Å². The number of ketones is 1. The van der Waals surface area contributed by atoms with Crippen molar-refractivity contribution in [1.82, 2.24) is 0 Å². The van der Waals surface area contributed by atoms with Crippen molar-refractivity contribution >= 4 is 21.5 Å². The number of nitrogens with zero attached hydrogens (tertiary/aromatic N) is 1. The molecule has 5 nitrogen and oxygen atoms in total. The molecule has 0 aliphatic carbocycles. The predicted molar refractivity (Wildman–Crippen MR) is 98.5 cm³/mol. The van der Waals surface area contributed by atoms with E-state index in [9.17, 15) is 30.8 Å². The van der Waals surface area contributed by atoms with E-state index in [1.165, 1.54) is 29.2 Å². The molecule has 1 aliphatic heterocycles. The second-order valence-corrected chi connectivity index (χ2v) is 8.42. The zero-order valence-electron chi connectivity index (χ0n) is 15.1. The lowest BCUT2D eigenvalue weighted by atomic mass is 9.88. The first-order chi connectivity index (χ1) is 13.5. The summed E-state index contributed by atoms with van der Waals surface area (Å²) in [7, 11) is -4.28. The SMILES string of the molecule is NS(=O)(=O)c1ccc(N2CCC(C(=O)c3ccc(F)cc3)CC2)c(C(F)(F)F)c1. The molecule has 0 amide bonds. The summed E-state index contributed by atoms with van der Waals surface area (Å²) >= 11 is 0. The van der Waals surface area contributed by atoms with Crippen molar-refractivity contribution in [2.45, 2.75) is 23.9 Å². The van der Waals surface area contributed by atoms with E-state index < -0.39 is 32.5 Å². The van der Waals surface area contributed by atoms with Crippen LogP contribution in [0.4, 0.5) is 23.2 Å². The summed E-state index contributed by atoms with van der Waals surface area (Å²) in [5.74, 6) is -1.01. The van der Waals surface area contributed by atoms with E-state index in [0.717, 1.165) is 12.1 Å². The van der Waals surface area contributed by atoms with Gasteiger partial charge < -0.3 is 4.90 Å². The quantitative estimate of drug-likeness (QED) is 0.594. The summed E-state index contributed by atoms with van der Waals surface area (Å²) < 4.78 is 76.3. The van der Waals surface area contributed by atoms with Crippen LogP contribution in [0.15, 0.2) is 47.4 Å². The third kappa shape index (κ3) is 4.76. The normalized spacial score (nSPS) is 16.1. The van der Waals surface area contributed by atoms with Gasteiger partial charge in [-0.1, -0.05) is 0 Å². The van der Waals surface area contributed by atoms with Gasteiger partial charge >= 0.3 is 6.18 Å². The van der Waals surface area contributed by atoms with Gasteiger partial charge in [0.2, 0.25) is 10.0 Å². The molecular weight excluding hydrogens is 412 g/mol. The van der Waals surface area contributed by atoms with Crippen molar-refractivity contribution in [3.8, 4) is 0 Å². The molecule has 1 fully saturated rings. The topological polar surface area (TPSA) is 80.5 Å². The number of piperidine rings is 1. The molecule has 0 bridgehead atoms. The maximum Gasteiger partial charge on any atom is 0.418 e. The number of sulfonamides is 1. The zero-order chi connectivity index (χ0) is 21.4. The van der Waals surface area contributed by atoms with Crippen LogP contribution in [0.25, 0.3) is 0 Å². The first-order valence-electron chi connectivity index (χ1n) is 8.75. The predicted octanol–water partition coefficient (Wildman–Crippen LogP) is 3.59. The van der Waals surface area contributed by atoms with Crippen molar-refractivity contribution in [2.24, 2.45) is 11.1 Å². The number of anilines is 1. The van der Waals surface area contributed by atoms with Crippen LogP contribution in [0, 0.1) is 11.7 Å². The molecule has 3 rings (SSSR count). The van der Waals surface area contributed by atoms with E-state index in [2.05, 4.69) is 0 Å². The van der Waals surface area contributed by atoms with Gasteiger partial charge in [-0.25, -0.2) is 17.9 Å². The summed E-state index contributed by atoms with van der Waals surface area (Å²) in [6, 6.07) is 7.80. The standard InChI is InChI=1S/C19H18F4N2O3S/c20-14-3-1-12(2-4-14)18(26)13-7-9-25(10-8-13)17-6-5-15(29(24,27)28)11-16(17)19(21,22)23/h1-6,11,13H,7-10H2,(H2,24,27,28). The van der Waals surface area contributed by atoms with E-state index in [-0.39, 0.29) is 30.5 Å². The number of carbonyl (C=O) groups is 1. The molecule has 2 aromatic rings. The smallest absolute Gasteiger partial charge is 0.371 e. The molecule has 156 valence electrons. The molecule has 29 heavy (non-hydrogen) atoms. The summed E-state index contributed by atoms with van der Waals surface area (Å²) in [6.45, 7) is 0.380. The first-order valence-corrected chi connectivity index (χ1v) is 10.3. The highest BCUT2D eigenvalue weighted by Gasteiger charge is 2.37. The number of alkyl halides is 3. The lowest BCUT2D eigenvalue weighted by Gasteiger charge is -2.34. The molecule has 0 aromatic heterocycles. The number of halogens is 4. The summed E-state index contributed by atoms with van der Waals surface area (Å²) in [6.07, 6.45) is -4.12. The van der Waals surface area contributed by atoms with Crippen LogP contribution in [0.1, 0.15) is 28.8 Å². The largest absolute Gasteiger partial charge is 0.418 e. The highest BCUT2D eigenvalue weighted by Crippen LogP contribution is 2.39. The van der Waals surface area contributed by atoms with Crippen molar-refractivity contribution in [3.63, 3.8) is 0 Å². The average Bonchev–Trinajstić information content (AvgIpc) is 2.66. The van der Waals surface area contributed by atoms with Crippen molar-refractivity contribution < 1.29 is 30.8 Å². The highest BCUT2D eigenvalue weighted by atomic mass is 32.2. The fourth-order valence-electron chi connectivity index (χ4n) is 3.43. The molecule has 1 aliphatic rings. The Morgan fingerprint density at radius 3 is 2.14 bits per heavy atom. The number of Topliss-reactive ketones (excluding diaryl/α,β-unsaturated/α-hetero) is 1. The fourth-order valence-corrected chi connectivity index (χ4v) is 3.97. The number of carbonyl (C=O) groups excluding carboxylic acids is 1. The molecule has 1 saturated heterocycles. The van der Waals surface area contributed by atoms with Crippen molar-refractivity contribution in [2.75, 3.05) is 18.0 Å². The van der Waals surface area contributed by atoms with Gasteiger partial charge in [0.05, 0.1) is 10.5 Å². The molecule has 2 aromatic carbocycles. The zero-order valence-corrected chi connectivity index (χ0v) is 15.9. The number of benzene rings is 2. The van der Waals surface area contributed by atoms with Gasteiger partial charge in [0.1, 0.15) is 5.82 Å². The minimum Gasteiger partial charge on any atom is -0.371 e. The molecule has 0 radical (unpaired) electrons. The first kappa shape index (κ1) is 21.3. The number of hydrogen-bond donors (Lipinski definition) is 1. The second-order valence-electron chi connectivity index (χ2n) is 6.85. The molecule has 0 unspecified atom stereocenters. The van der Waals surface area contributed by atoms with E-state index in [4.69, 9.17) is 5.14 Å². The average molecular weight is 430 g/mol. The van der Waals surface area contributed by atoms with Crippen LogP contribution in [0.3, 0.4) is 0 Å². The van der Waals surface area contributed by atoms with Crippen LogP contribution in [0.2, 0.25) is 0 Å². The Labute approximate surface area is 165 Å². The van der Waals surface area contributed by atoms with Gasteiger partial charge in [-0.2, -0.15) is 13.2 Å². The van der Waals surface area contributed by atoms with Gasteiger partial charge in [0.15, 0.2) is 5.78 Å². The lowest BCUT2D eigenvalue weighted by Crippen LogP contribution is -2.37. The number of rotatable bonds is 4. The van der Waals surface area contributed by atoms with Crippen LogP contribution < -0.4 is 10.0 Å². The Morgan fingerprint density at radius 1 is 1.03 bits per heavy atom. The fraction of sp³-hybridized carbons (Fsp3) is 0.316. The Balaban J connectivity index is 1.80. The number of hydrogen-bond acceptors (Lipinski definition) is 4. The Morgan fingerprint density at radius 2 is 1.62 bits per heavy atom. The third-order valence-corrected chi connectivity index (χ3v) is 5.85. The van der Waals surface area contributed by atoms with E-state index in [1.54, 1.807) is 0 Å². The second kappa shape index (κ2) is 7.75. The van der Waals surface area contributed by atoms with Gasteiger partial charge in [-0.3, -0.25) is 4.79 Å². The minimum absolute atomic E-state index is 0.155. The van der Waals surface area contributed by atoms with E-state index in [0.29, 0.717) is 24.5 Å². The Kier molecular flexibility index (Phi) is 5.68. The molecule has 0 atom stereocenters. The van der Waals surface area contributed by atoms with Crippen molar-refractivity contribution in [3.05, 3.63) is 59.4 Å². The summed E-state index contributed by atoms with van der Waals surface area (Å²) in [4.78, 5) is 13.4. The maximum absolute atomic E-state index is 13.5. The Bertz CT molecular complexity index is 1010. The van der Waals surface area contributed by atoms with Crippen LogP contribution >= 0.6 is 0 Å². The monoisotopic (exact) mass is 430 g/mol. The molecule has 0 spiro atoms. The van der Waals surface area contributed by atoms with Crippen LogP contribution in [0.5, 0.6) is 0 Å². The van der Waals surface area contributed by atoms with Gasteiger partial charge in [0.25, 0.3) is 0 Å². The lowest BCUT2D eigenvalue weighted by molar-refractivity contribution is -0.137. The molecule has 10 heteroatoms. The minimum atomic E-state index is -4.77.